The molecule has 1 amide bonds. The number of alkyl halides is 3. The summed E-state index contributed by atoms with van der Waals surface area (Å²) in [4.78, 5) is 15.1. The van der Waals surface area contributed by atoms with Crippen LogP contribution in [0.2, 0.25) is 5.15 Å². The van der Waals surface area contributed by atoms with Gasteiger partial charge in [-0.05, 0) is 31.4 Å². The van der Waals surface area contributed by atoms with Crippen molar-refractivity contribution in [2.45, 2.75) is 25.4 Å². The van der Waals surface area contributed by atoms with E-state index in [4.69, 9.17) is 22.1 Å². The molecule has 1 aliphatic rings. The van der Waals surface area contributed by atoms with E-state index in [0.717, 1.165) is 0 Å². The number of nitrogens with two attached hydrogens (primary N) is 1. The molecule has 0 radical (unpaired) electrons. The topological polar surface area (TPSA) is 83.0 Å². The Bertz CT molecular complexity index is 802. The second-order valence-electron chi connectivity index (χ2n) is 5.87. The lowest BCUT2D eigenvalue weighted by Gasteiger charge is -2.18. The van der Waals surface area contributed by atoms with E-state index in [9.17, 15) is 18.0 Å². The van der Waals surface area contributed by atoms with Crippen LogP contribution in [0.5, 0.6) is 5.75 Å². The number of carbonyl (C=O) groups excluding carboxylic acids is 1. The molecule has 0 aliphatic heterocycles. The standard InChI is InChI=1S/C15H14ClF3N4O2/c16-12-10(13(20)24)1-2-11(22-12)23-8-9(7-21-23)25-6-5-14(3-4-14)15(17,18)19/h1-2,7-8H,3-6H2,(H2,20,24). The summed E-state index contributed by atoms with van der Waals surface area (Å²) in [5, 5.41) is 3.95. The first kappa shape index (κ1) is 17.5. The predicted octanol–water partition coefficient (Wildman–Crippen LogP) is 3.13. The maximum atomic E-state index is 12.8. The lowest BCUT2D eigenvalue weighted by molar-refractivity contribution is -0.190. The number of hydrogen-bond acceptors (Lipinski definition) is 4. The SMILES string of the molecule is NC(=O)c1ccc(-n2cc(OCCC3(C(F)(F)F)CC3)cn2)nc1Cl. The van der Waals surface area contributed by atoms with E-state index in [0.29, 0.717) is 11.6 Å². The Morgan fingerprint density at radius 1 is 1.40 bits per heavy atom. The van der Waals surface area contributed by atoms with E-state index in [-0.39, 0.29) is 36.6 Å². The number of aromatic nitrogens is 3. The van der Waals surface area contributed by atoms with Gasteiger partial charge in [-0.25, -0.2) is 9.67 Å². The summed E-state index contributed by atoms with van der Waals surface area (Å²) in [5.41, 5.74) is 3.63. The van der Waals surface area contributed by atoms with Gasteiger partial charge in [0.05, 0.1) is 30.0 Å². The van der Waals surface area contributed by atoms with Crippen LogP contribution in [0, 0.1) is 5.41 Å². The zero-order chi connectivity index (χ0) is 18.2. The lowest BCUT2D eigenvalue weighted by Crippen LogP contribution is -2.26. The van der Waals surface area contributed by atoms with Crippen molar-refractivity contribution in [2.75, 3.05) is 6.61 Å². The third kappa shape index (κ3) is 3.55. The third-order valence-corrected chi connectivity index (χ3v) is 4.49. The summed E-state index contributed by atoms with van der Waals surface area (Å²) >= 11 is 5.87. The van der Waals surface area contributed by atoms with Crippen molar-refractivity contribution < 1.29 is 22.7 Å². The van der Waals surface area contributed by atoms with Crippen LogP contribution in [-0.2, 0) is 0 Å². The van der Waals surface area contributed by atoms with Crippen LogP contribution in [0.15, 0.2) is 24.5 Å². The molecule has 1 fully saturated rings. The molecular formula is C15H14ClF3N4O2. The van der Waals surface area contributed by atoms with Crippen molar-refractivity contribution in [1.29, 1.82) is 0 Å². The molecule has 0 bridgehead atoms. The molecule has 10 heteroatoms. The van der Waals surface area contributed by atoms with Gasteiger partial charge >= 0.3 is 6.18 Å². The van der Waals surface area contributed by atoms with Crippen molar-refractivity contribution in [3.63, 3.8) is 0 Å². The smallest absolute Gasteiger partial charge is 0.394 e. The van der Waals surface area contributed by atoms with Gasteiger partial charge in [0.25, 0.3) is 5.91 Å². The molecule has 134 valence electrons. The molecule has 2 N–H and O–H groups in total. The summed E-state index contributed by atoms with van der Waals surface area (Å²) in [6.07, 6.45) is -1.15. The molecule has 2 aromatic rings. The molecule has 0 spiro atoms. The fraction of sp³-hybridized carbons (Fsp3) is 0.400. The number of nitrogens with zero attached hydrogens (tertiary/aromatic N) is 3. The van der Waals surface area contributed by atoms with Crippen LogP contribution in [0.4, 0.5) is 13.2 Å². The fourth-order valence-corrected chi connectivity index (χ4v) is 2.68. The summed E-state index contributed by atoms with van der Waals surface area (Å²) in [7, 11) is 0. The molecule has 1 saturated carbocycles. The summed E-state index contributed by atoms with van der Waals surface area (Å²) in [5.74, 6) is -0.0686. The van der Waals surface area contributed by atoms with Crippen molar-refractivity contribution in [3.8, 4) is 11.6 Å². The highest BCUT2D eigenvalue weighted by Crippen LogP contribution is 2.59. The maximum absolute atomic E-state index is 12.8. The number of primary amides is 1. The van der Waals surface area contributed by atoms with Crippen molar-refractivity contribution >= 4 is 17.5 Å². The van der Waals surface area contributed by atoms with E-state index in [1.54, 1.807) is 0 Å². The zero-order valence-corrected chi connectivity index (χ0v) is 13.6. The lowest BCUT2D eigenvalue weighted by atomic mass is 10.0. The molecule has 6 nitrogen and oxygen atoms in total. The van der Waals surface area contributed by atoms with Gasteiger partial charge < -0.3 is 10.5 Å². The second-order valence-corrected chi connectivity index (χ2v) is 6.23. The summed E-state index contributed by atoms with van der Waals surface area (Å²) in [6.45, 7) is -0.0556. The average Bonchev–Trinajstić information content (AvgIpc) is 3.17. The van der Waals surface area contributed by atoms with Crippen LogP contribution in [0.25, 0.3) is 5.82 Å². The molecule has 2 aromatic heterocycles. The molecule has 3 rings (SSSR count). The van der Waals surface area contributed by atoms with Gasteiger partial charge in [-0.15, -0.1) is 0 Å². The van der Waals surface area contributed by atoms with Gasteiger partial charge in [-0.1, -0.05) is 11.6 Å². The fourth-order valence-electron chi connectivity index (χ4n) is 2.43. The van der Waals surface area contributed by atoms with Gasteiger partial charge in [0.2, 0.25) is 0 Å². The second kappa shape index (κ2) is 6.21. The van der Waals surface area contributed by atoms with Crippen LogP contribution < -0.4 is 10.5 Å². The number of pyridine rings is 1. The third-order valence-electron chi connectivity index (χ3n) is 4.20. The number of amides is 1. The van der Waals surface area contributed by atoms with E-state index < -0.39 is 17.5 Å². The quantitative estimate of drug-likeness (QED) is 0.787. The Labute approximate surface area is 145 Å². The Morgan fingerprint density at radius 3 is 2.68 bits per heavy atom. The number of carbonyl (C=O) groups is 1. The minimum Gasteiger partial charge on any atom is -0.490 e. The highest BCUT2D eigenvalue weighted by atomic mass is 35.5. The zero-order valence-electron chi connectivity index (χ0n) is 12.9. The largest absolute Gasteiger partial charge is 0.490 e. The molecule has 25 heavy (non-hydrogen) atoms. The molecule has 1 aliphatic carbocycles. The monoisotopic (exact) mass is 374 g/mol. The van der Waals surface area contributed by atoms with Crippen LogP contribution >= 0.6 is 11.6 Å². The van der Waals surface area contributed by atoms with Gasteiger partial charge in [-0.2, -0.15) is 18.3 Å². The highest BCUT2D eigenvalue weighted by Gasteiger charge is 2.62. The van der Waals surface area contributed by atoms with Gasteiger partial charge in [-0.3, -0.25) is 4.79 Å². The van der Waals surface area contributed by atoms with Gasteiger partial charge in [0.1, 0.15) is 5.15 Å². The van der Waals surface area contributed by atoms with Gasteiger partial charge in [0.15, 0.2) is 11.6 Å². The molecule has 0 aromatic carbocycles. The number of rotatable bonds is 6. The van der Waals surface area contributed by atoms with Crippen LogP contribution in [-0.4, -0.2) is 33.5 Å². The summed E-state index contributed by atoms with van der Waals surface area (Å²) in [6, 6.07) is 2.90. The van der Waals surface area contributed by atoms with Gasteiger partial charge in [0, 0.05) is 0 Å². The average molecular weight is 375 g/mol. The number of hydrogen-bond donors (Lipinski definition) is 1. The molecule has 0 unspecified atom stereocenters. The number of halogens is 4. The summed E-state index contributed by atoms with van der Waals surface area (Å²) < 4.78 is 45.2. The van der Waals surface area contributed by atoms with Crippen LogP contribution in [0.3, 0.4) is 0 Å². The Balaban J connectivity index is 1.63. The normalized spacial score (nSPS) is 15.8. The molecular weight excluding hydrogens is 361 g/mol. The maximum Gasteiger partial charge on any atom is 0.394 e. The van der Waals surface area contributed by atoms with Crippen molar-refractivity contribution in [3.05, 3.63) is 35.2 Å². The first-order valence-electron chi connectivity index (χ1n) is 7.43. The minimum atomic E-state index is -4.19. The Kier molecular flexibility index (Phi) is 4.36. The Hall–Kier alpha value is -2.29. The minimum absolute atomic E-state index is 0.0556. The van der Waals surface area contributed by atoms with E-state index in [1.165, 1.54) is 29.2 Å². The van der Waals surface area contributed by atoms with Crippen molar-refractivity contribution in [2.24, 2.45) is 11.1 Å². The Morgan fingerprint density at radius 2 is 2.12 bits per heavy atom. The van der Waals surface area contributed by atoms with E-state index in [1.807, 2.05) is 0 Å². The first-order valence-corrected chi connectivity index (χ1v) is 7.81. The molecule has 0 saturated heterocycles. The molecule has 0 atom stereocenters. The van der Waals surface area contributed by atoms with Crippen molar-refractivity contribution in [1.82, 2.24) is 14.8 Å². The van der Waals surface area contributed by atoms with E-state index >= 15 is 0 Å². The van der Waals surface area contributed by atoms with Crippen LogP contribution in [0.1, 0.15) is 29.6 Å². The first-order chi connectivity index (χ1) is 11.7. The number of ether oxygens (including phenoxy) is 1. The van der Waals surface area contributed by atoms with E-state index in [2.05, 4.69) is 10.1 Å². The highest BCUT2D eigenvalue weighted by molar-refractivity contribution is 6.32. The predicted molar refractivity (Wildman–Crippen MR) is 82.7 cm³/mol. The molecule has 2 heterocycles.